The van der Waals surface area contributed by atoms with E-state index in [4.69, 9.17) is 5.11 Å². The molecule has 8 heteroatoms. The van der Waals surface area contributed by atoms with Crippen LogP contribution in [0.25, 0.3) is 0 Å². The minimum Gasteiger partial charge on any atom is -0.480 e. The van der Waals surface area contributed by atoms with Crippen LogP contribution in [0.3, 0.4) is 0 Å². The zero-order valence-corrected chi connectivity index (χ0v) is 16.0. The van der Waals surface area contributed by atoms with E-state index in [9.17, 15) is 14.4 Å². The molecule has 0 spiro atoms. The number of carbonyl (C=O) groups excluding carboxylic acids is 2. The molecule has 2 amide bonds. The van der Waals surface area contributed by atoms with Gasteiger partial charge in [-0.3, -0.25) is 14.4 Å². The van der Waals surface area contributed by atoms with E-state index in [-0.39, 0.29) is 23.6 Å². The molecular weight excluding hydrogens is 354 g/mol. The standard InChI is InChI=1S/C18H25N3O4S/c1-3-9-21(12-15(22)23)18(25)14-7-6-8-19-16(14)26-13(2)17(24)20-10-4-5-11-20/h6-8,13H,3-5,9-12H2,1-2H3,(H,22,23). The third-order valence-electron chi connectivity index (χ3n) is 4.16. The molecule has 1 aromatic heterocycles. The molecule has 1 unspecified atom stereocenters. The van der Waals surface area contributed by atoms with E-state index >= 15 is 0 Å². The Hall–Kier alpha value is -2.09. The highest BCUT2D eigenvalue weighted by Gasteiger charge is 2.27. The molecule has 0 aliphatic carbocycles. The smallest absolute Gasteiger partial charge is 0.323 e. The van der Waals surface area contributed by atoms with E-state index in [2.05, 4.69) is 4.98 Å². The van der Waals surface area contributed by atoms with Crippen LogP contribution in [0.2, 0.25) is 0 Å². The van der Waals surface area contributed by atoms with Gasteiger partial charge in [0.2, 0.25) is 5.91 Å². The van der Waals surface area contributed by atoms with E-state index in [1.54, 1.807) is 18.3 Å². The van der Waals surface area contributed by atoms with Gasteiger partial charge in [0.25, 0.3) is 5.91 Å². The highest BCUT2D eigenvalue weighted by molar-refractivity contribution is 8.00. The molecule has 1 atom stereocenters. The summed E-state index contributed by atoms with van der Waals surface area (Å²) in [6.07, 6.45) is 4.29. The summed E-state index contributed by atoms with van der Waals surface area (Å²) in [5.74, 6) is -1.37. The number of carboxylic acids is 1. The Kier molecular flexibility index (Phi) is 7.44. The van der Waals surface area contributed by atoms with Gasteiger partial charge in [0, 0.05) is 25.8 Å². The van der Waals surface area contributed by atoms with Crippen LogP contribution in [0.5, 0.6) is 0 Å². The highest BCUT2D eigenvalue weighted by Crippen LogP contribution is 2.27. The summed E-state index contributed by atoms with van der Waals surface area (Å²) in [5, 5.41) is 9.16. The number of aliphatic carboxylic acids is 1. The Morgan fingerprint density at radius 2 is 2.04 bits per heavy atom. The average Bonchev–Trinajstić information content (AvgIpc) is 3.14. The maximum atomic E-state index is 12.8. The predicted molar refractivity (Wildman–Crippen MR) is 99.2 cm³/mol. The van der Waals surface area contributed by atoms with Crippen molar-refractivity contribution in [3.63, 3.8) is 0 Å². The fourth-order valence-electron chi connectivity index (χ4n) is 2.92. The normalized spacial score (nSPS) is 14.9. The average molecular weight is 379 g/mol. The van der Waals surface area contributed by atoms with Crippen LogP contribution in [-0.2, 0) is 9.59 Å². The molecule has 1 fully saturated rings. The van der Waals surface area contributed by atoms with E-state index in [1.165, 1.54) is 16.7 Å². The molecule has 7 nitrogen and oxygen atoms in total. The summed E-state index contributed by atoms with van der Waals surface area (Å²) in [4.78, 5) is 43.8. The minimum absolute atomic E-state index is 0.0486. The SMILES string of the molecule is CCCN(CC(=O)O)C(=O)c1cccnc1SC(C)C(=O)N1CCCC1. The van der Waals surface area contributed by atoms with Crippen molar-refractivity contribution in [1.29, 1.82) is 0 Å². The predicted octanol–water partition coefficient (Wildman–Crippen LogP) is 2.12. The Bertz CT molecular complexity index is 662. The van der Waals surface area contributed by atoms with Crippen LogP contribution >= 0.6 is 11.8 Å². The second kappa shape index (κ2) is 9.56. The van der Waals surface area contributed by atoms with E-state index in [1.807, 2.05) is 18.7 Å². The lowest BCUT2D eigenvalue weighted by atomic mass is 10.2. The van der Waals surface area contributed by atoms with E-state index in [0.717, 1.165) is 25.9 Å². The number of carboxylic acid groups (broad SMARTS) is 1. The number of thioether (sulfide) groups is 1. The summed E-state index contributed by atoms with van der Waals surface area (Å²) in [6.45, 7) is 5.26. The molecule has 2 heterocycles. The maximum absolute atomic E-state index is 12.8. The molecule has 0 saturated carbocycles. The fraction of sp³-hybridized carbons (Fsp3) is 0.556. The lowest BCUT2D eigenvalue weighted by Gasteiger charge is -2.22. The molecule has 0 bridgehead atoms. The monoisotopic (exact) mass is 379 g/mol. The number of rotatable bonds is 8. The van der Waals surface area contributed by atoms with Crippen molar-refractivity contribution in [2.45, 2.75) is 43.4 Å². The molecule has 0 radical (unpaired) electrons. The van der Waals surface area contributed by atoms with Gasteiger partial charge in [-0.1, -0.05) is 18.7 Å². The lowest BCUT2D eigenvalue weighted by Crippen LogP contribution is -2.37. The van der Waals surface area contributed by atoms with Gasteiger partial charge in [-0.15, -0.1) is 0 Å². The van der Waals surface area contributed by atoms with E-state index in [0.29, 0.717) is 23.6 Å². The second-order valence-electron chi connectivity index (χ2n) is 6.27. The van der Waals surface area contributed by atoms with Crippen LogP contribution in [0.1, 0.15) is 43.5 Å². The van der Waals surface area contributed by atoms with Crippen molar-refractivity contribution < 1.29 is 19.5 Å². The van der Waals surface area contributed by atoms with Gasteiger partial charge in [0.05, 0.1) is 10.8 Å². The number of amides is 2. The summed E-state index contributed by atoms with van der Waals surface area (Å²) in [5.41, 5.74) is 0.341. The minimum atomic E-state index is -1.05. The molecule has 1 N–H and O–H groups in total. The first kappa shape index (κ1) is 20.2. The van der Waals surface area contributed by atoms with Crippen LogP contribution in [0, 0.1) is 0 Å². The summed E-state index contributed by atoms with van der Waals surface area (Å²) < 4.78 is 0. The molecule has 1 aromatic rings. The Morgan fingerprint density at radius 1 is 1.35 bits per heavy atom. The molecule has 26 heavy (non-hydrogen) atoms. The number of pyridine rings is 1. The Balaban J connectivity index is 2.16. The first-order valence-electron chi connectivity index (χ1n) is 8.85. The van der Waals surface area contributed by atoms with Crippen molar-refractivity contribution in [1.82, 2.24) is 14.8 Å². The summed E-state index contributed by atoms with van der Waals surface area (Å²) >= 11 is 1.25. The van der Waals surface area contributed by atoms with Gasteiger partial charge < -0.3 is 14.9 Å². The summed E-state index contributed by atoms with van der Waals surface area (Å²) in [6, 6.07) is 3.28. The van der Waals surface area contributed by atoms with Gasteiger partial charge in [-0.25, -0.2) is 4.98 Å². The topological polar surface area (TPSA) is 90.8 Å². The van der Waals surface area contributed by atoms with Gasteiger partial charge >= 0.3 is 5.97 Å². The number of likely N-dealkylation sites (tertiary alicyclic amines) is 1. The zero-order valence-electron chi connectivity index (χ0n) is 15.2. The quantitative estimate of drug-likeness (QED) is 0.696. The molecular formula is C18H25N3O4S. The second-order valence-corrected chi connectivity index (χ2v) is 7.60. The number of hydrogen-bond donors (Lipinski definition) is 1. The third kappa shape index (κ3) is 5.20. The maximum Gasteiger partial charge on any atom is 0.323 e. The van der Waals surface area contributed by atoms with Crippen LogP contribution in [-0.4, -0.2) is 69.1 Å². The molecule has 142 valence electrons. The van der Waals surface area contributed by atoms with Gasteiger partial charge in [0.1, 0.15) is 11.6 Å². The van der Waals surface area contributed by atoms with Crippen molar-refractivity contribution in [3.05, 3.63) is 23.9 Å². The van der Waals surface area contributed by atoms with Crippen LogP contribution in [0.15, 0.2) is 23.4 Å². The van der Waals surface area contributed by atoms with Crippen molar-refractivity contribution in [2.75, 3.05) is 26.2 Å². The van der Waals surface area contributed by atoms with E-state index < -0.39 is 5.97 Å². The fourth-order valence-corrected chi connectivity index (χ4v) is 3.90. The van der Waals surface area contributed by atoms with Gasteiger partial charge in [0.15, 0.2) is 0 Å². The van der Waals surface area contributed by atoms with Gasteiger partial charge in [-0.05, 0) is 38.3 Å². The Morgan fingerprint density at radius 3 is 2.65 bits per heavy atom. The van der Waals surface area contributed by atoms with Crippen LogP contribution in [0.4, 0.5) is 0 Å². The lowest BCUT2D eigenvalue weighted by molar-refractivity contribution is -0.137. The zero-order chi connectivity index (χ0) is 19.1. The molecule has 2 rings (SSSR count). The summed E-state index contributed by atoms with van der Waals surface area (Å²) in [7, 11) is 0. The molecule has 1 aliphatic heterocycles. The number of hydrogen-bond acceptors (Lipinski definition) is 5. The third-order valence-corrected chi connectivity index (χ3v) is 5.27. The first-order chi connectivity index (χ1) is 12.4. The molecule has 1 saturated heterocycles. The Labute approximate surface area is 157 Å². The molecule has 1 aliphatic rings. The van der Waals surface area contributed by atoms with Gasteiger partial charge in [-0.2, -0.15) is 0 Å². The van der Waals surface area contributed by atoms with Crippen molar-refractivity contribution >= 4 is 29.5 Å². The van der Waals surface area contributed by atoms with Crippen molar-refractivity contribution in [3.8, 4) is 0 Å². The molecule has 0 aromatic carbocycles. The first-order valence-corrected chi connectivity index (χ1v) is 9.73. The number of nitrogens with zero attached hydrogens (tertiary/aromatic N) is 3. The van der Waals surface area contributed by atoms with Crippen LogP contribution < -0.4 is 0 Å². The van der Waals surface area contributed by atoms with Crippen molar-refractivity contribution in [2.24, 2.45) is 0 Å². The largest absolute Gasteiger partial charge is 0.480 e. The number of carbonyl (C=O) groups is 3. The highest BCUT2D eigenvalue weighted by atomic mass is 32.2. The number of aromatic nitrogens is 1.